The van der Waals surface area contributed by atoms with E-state index in [1.165, 1.54) is 23.5 Å². The van der Waals surface area contributed by atoms with Crippen LogP contribution in [0, 0.1) is 0 Å². The molecule has 0 spiro atoms. The largest absolute Gasteiger partial charge is 0.478 e. The second kappa shape index (κ2) is 6.64. The Bertz CT molecular complexity index is 689. The number of rotatable bonds is 4. The van der Waals surface area contributed by atoms with E-state index in [-0.39, 0.29) is 5.56 Å². The normalized spacial score (nSPS) is 10.2. The zero-order chi connectivity index (χ0) is 15.4. The first-order valence-corrected chi connectivity index (χ1v) is 7.53. The van der Waals surface area contributed by atoms with Crippen LogP contribution in [-0.4, -0.2) is 27.3 Å². The van der Waals surface area contributed by atoms with E-state index >= 15 is 0 Å². The van der Waals surface area contributed by atoms with Gasteiger partial charge in [0.05, 0.1) is 11.3 Å². The van der Waals surface area contributed by atoms with Gasteiger partial charge in [0.15, 0.2) is 0 Å². The summed E-state index contributed by atoms with van der Waals surface area (Å²) in [5.41, 5.74) is 0.435. The van der Waals surface area contributed by atoms with Gasteiger partial charge in [-0.1, -0.05) is 18.3 Å². The number of carboxylic acid groups (broad SMARTS) is 1. The van der Waals surface area contributed by atoms with Crippen LogP contribution in [0.2, 0.25) is 0 Å². The van der Waals surface area contributed by atoms with Crippen molar-refractivity contribution in [1.82, 2.24) is 10.2 Å². The molecule has 2 rings (SSSR count). The summed E-state index contributed by atoms with van der Waals surface area (Å²) in [6.45, 7) is 1.94. The van der Waals surface area contributed by atoms with Crippen LogP contribution in [0.3, 0.4) is 0 Å². The van der Waals surface area contributed by atoms with Crippen molar-refractivity contribution < 1.29 is 14.7 Å². The Morgan fingerprint density at radius 2 is 2.10 bits per heavy atom. The lowest BCUT2D eigenvalue weighted by atomic mass is 10.2. The number of carboxylic acids is 1. The number of carbonyl (C=O) groups is 2. The molecular formula is C12H11BrN4O3S. The van der Waals surface area contributed by atoms with Gasteiger partial charge in [-0.15, -0.1) is 10.2 Å². The Morgan fingerprint density at radius 3 is 2.71 bits per heavy atom. The Kier molecular flexibility index (Phi) is 4.86. The van der Waals surface area contributed by atoms with Gasteiger partial charge >= 0.3 is 12.0 Å². The number of aryl methyl sites for hydroxylation is 1. The van der Waals surface area contributed by atoms with Crippen LogP contribution in [0.15, 0.2) is 22.7 Å². The van der Waals surface area contributed by atoms with Crippen LogP contribution < -0.4 is 10.6 Å². The van der Waals surface area contributed by atoms with Gasteiger partial charge in [0.25, 0.3) is 0 Å². The summed E-state index contributed by atoms with van der Waals surface area (Å²) in [7, 11) is 0. The van der Waals surface area contributed by atoms with Gasteiger partial charge in [0.2, 0.25) is 5.13 Å². The quantitative estimate of drug-likeness (QED) is 0.766. The van der Waals surface area contributed by atoms with Crippen molar-refractivity contribution in [3.63, 3.8) is 0 Å². The molecular weight excluding hydrogens is 360 g/mol. The van der Waals surface area contributed by atoms with Crippen LogP contribution in [0.1, 0.15) is 22.3 Å². The van der Waals surface area contributed by atoms with Crippen molar-refractivity contribution in [3.8, 4) is 0 Å². The molecule has 7 nitrogen and oxygen atoms in total. The fourth-order valence-corrected chi connectivity index (χ4v) is 2.47. The van der Waals surface area contributed by atoms with E-state index in [1.54, 1.807) is 6.07 Å². The molecule has 2 aromatic rings. The lowest BCUT2D eigenvalue weighted by Crippen LogP contribution is -2.19. The fourth-order valence-electron chi connectivity index (χ4n) is 1.45. The molecule has 0 aliphatic carbocycles. The number of aromatic carboxylic acids is 1. The molecule has 21 heavy (non-hydrogen) atoms. The van der Waals surface area contributed by atoms with E-state index in [4.69, 9.17) is 5.11 Å². The maximum absolute atomic E-state index is 11.9. The van der Waals surface area contributed by atoms with Crippen LogP contribution >= 0.6 is 27.3 Å². The molecule has 9 heteroatoms. The van der Waals surface area contributed by atoms with Crippen LogP contribution in [0.4, 0.5) is 15.6 Å². The maximum Gasteiger partial charge on any atom is 0.335 e. The maximum atomic E-state index is 11.9. The number of benzene rings is 1. The third kappa shape index (κ3) is 3.99. The van der Waals surface area contributed by atoms with E-state index in [0.29, 0.717) is 15.3 Å². The van der Waals surface area contributed by atoms with E-state index < -0.39 is 12.0 Å². The number of amides is 2. The second-order valence-corrected chi connectivity index (χ2v) is 5.85. The van der Waals surface area contributed by atoms with Crippen molar-refractivity contribution in [2.75, 3.05) is 10.6 Å². The van der Waals surface area contributed by atoms with Gasteiger partial charge in [-0.2, -0.15) is 0 Å². The second-order valence-electron chi connectivity index (χ2n) is 3.93. The standard InChI is InChI=1S/C12H11BrN4O3S/c1-2-9-16-17-12(21-9)15-11(20)14-8-5-6(10(18)19)3-4-7(8)13/h3-5H,2H2,1H3,(H,18,19)(H2,14,15,17,20). The molecule has 0 radical (unpaired) electrons. The van der Waals surface area contributed by atoms with Crippen LogP contribution in [0.5, 0.6) is 0 Å². The zero-order valence-electron chi connectivity index (χ0n) is 10.9. The number of hydrogen-bond donors (Lipinski definition) is 3. The highest BCUT2D eigenvalue weighted by Gasteiger charge is 2.11. The number of nitrogens with one attached hydrogen (secondary N) is 2. The number of hydrogen-bond acceptors (Lipinski definition) is 5. The predicted molar refractivity (Wildman–Crippen MR) is 83.0 cm³/mol. The first kappa shape index (κ1) is 15.4. The van der Waals surface area contributed by atoms with Gasteiger partial charge in [0, 0.05) is 4.47 Å². The summed E-state index contributed by atoms with van der Waals surface area (Å²) >= 11 is 4.53. The Labute approximate surface area is 132 Å². The molecule has 0 saturated carbocycles. The molecule has 110 valence electrons. The van der Waals surface area contributed by atoms with Gasteiger partial charge in [-0.3, -0.25) is 5.32 Å². The molecule has 1 aromatic carbocycles. The van der Waals surface area contributed by atoms with Crippen molar-refractivity contribution in [2.24, 2.45) is 0 Å². The predicted octanol–water partition coefficient (Wildman–Crippen LogP) is 3.21. The fraction of sp³-hybridized carbons (Fsp3) is 0.167. The van der Waals surface area contributed by atoms with Crippen molar-refractivity contribution in [3.05, 3.63) is 33.2 Å². The minimum atomic E-state index is -1.07. The molecule has 3 N–H and O–H groups in total. The first-order chi connectivity index (χ1) is 9.99. The Morgan fingerprint density at radius 1 is 1.33 bits per heavy atom. The molecule has 0 aliphatic rings. The number of carbonyl (C=O) groups excluding carboxylic acids is 1. The zero-order valence-corrected chi connectivity index (χ0v) is 13.3. The summed E-state index contributed by atoms with van der Waals surface area (Å²) < 4.78 is 0.578. The summed E-state index contributed by atoms with van der Waals surface area (Å²) in [6, 6.07) is 3.84. The highest BCUT2D eigenvalue weighted by atomic mass is 79.9. The monoisotopic (exact) mass is 370 g/mol. The Balaban J connectivity index is 2.08. The molecule has 0 fully saturated rings. The molecule has 0 saturated heterocycles. The molecule has 2 amide bonds. The highest BCUT2D eigenvalue weighted by Crippen LogP contribution is 2.24. The van der Waals surface area contributed by atoms with E-state index in [9.17, 15) is 9.59 Å². The van der Waals surface area contributed by atoms with E-state index in [2.05, 4.69) is 36.8 Å². The minimum absolute atomic E-state index is 0.0812. The van der Waals surface area contributed by atoms with Crippen LogP contribution in [0.25, 0.3) is 0 Å². The number of nitrogens with zero attached hydrogens (tertiary/aromatic N) is 2. The van der Waals surface area contributed by atoms with Crippen molar-refractivity contribution in [2.45, 2.75) is 13.3 Å². The van der Waals surface area contributed by atoms with Crippen LogP contribution in [-0.2, 0) is 6.42 Å². The van der Waals surface area contributed by atoms with Crippen molar-refractivity contribution >= 4 is 50.1 Å². The average molecular weight is 371 g/mol. The molecule has 0 bridgehead atoms. The number of aromatic nitrogens is 2. The van der Waals surface area contributed by atoms with Gasteiger partial charge in [-0.05, 0) is 40.5 Å². The van der Waals surface area contributed by atoms with Crippen molar-refractivity contribution in [1.29, 1.82) is 0 Å². The molecule has 0 atom stereocenters. The molecule has 1 heterocycles. The SMILES string of the molecule is CCc1nnc(NC(=O)Nc2cc(C(=O)O)ccc2Br)s1. The van der Waals surface area contributed by atoms with Gasteiger partial charge < -0.3 is 10.4 Å². The smallest absolute Gasteiger partial charge is 0.335 e. The Hall–Kier alpha value is -2.00. The molecule has 1 aromatic heterocycles. The lowest BCUT2D eigenvalue weighted by Gasteiger charge is -2.08. The summed E-state index contributed by atoms with van der Waals surface area (Å²) in [6.07, 6.45) is 0.743. The lowest BCUT2D eigenvalue weighted by molar-refractivity contribution is 0.0697. The molecule has 0 unspecified atom stereocenters. The summed E-state index contributed by atoms with van der Waals surface area (Å²) in [5, 5.41) is 23.0. The third-order valence-electron chi connectivity index (χ3n) is 2.45. The van der Waals surface area contributed by atoms with Gasteiger partial charge in [0.1, 0.15) is 5.01 Å². The van der Waals surface area contributed by atoms with Gasteiger partial charge in [-0.25, -0.2) is 9.59 Å². The molecule has 0 aliphatic heterocycles. The van der Waals surface area contributed by atoms with E-state index in [1.807, 2.05) is 6.92 Å². The third-order valence-corrected chi connectivity index (χ3v) is 4.13. The number of halogens is 1. The topological polar surface area (TPSA) is 104 Å². The summed E-state index contributed by atoms with van der Waals surface area (Å²) in [5.74, 6) is -1.07. The van der Waals surface area contributed by atoms with E-state index in [0.717, 1.165) is 11.4 Å². The highest BCUT2D eigenvalue weighted by molar-refractivity contribution is 9.10. The minimum Gasteiger partial charge on any atom is -0.478 e. The average Bonchev–Trinajstić information content (AvgIpc) is 2.88. The first-order valence-electron chi connectivity index (χ1n) is 5.92. The summed E-state index contributed by atoms with van der Waals surface area (Å²) in [4.78, 5) is 22.8. The number of anilines is 2. The number of urea groups is 1.